The highest BCUT2D eigenvalue weighted by atomic mass is 16.5. The van der Waals surface area contributed by atoms with Crippen LogP contribution in [0, 0.1) is 23.7 Å². The SMILES string of the molecule is CCCCc1ccc(-c2nnc(C(CCCC(=O)C(C)C(OC)C3CCCN3C(=O)CC(OC)C(C(C)CC)N(C)C(=O)C(NC(=O)C(C(C)C)N(C)CCCC(=O)NNC(=O)CCCCCn3c(O)cc(C(C)(CC)CC)c3O)C(C)C)Cc3ccccc3)o2)cc1. The number of unbranched alkanes of at least 4 members (excludes halogenated alkanes) is 3. The smallest absolute Gasteiger partial charge is 0.247 e. The largest absolute Gasteiger partial charge is 0.494 e. The summed E-state index contributed by atoms with van der Waals surface area (Å²) < 4.78 is 20.2. The zero-order chi connectivity index (χ0) is 68.5. The zero-order valence-corrected chi connectivity index (χ0v) is 58.9. The van der Waals surface area contributed by atoms with Gasteiger partial charge in [0.2, 0.25) is 41.3 Å². The summed E-state index contributed by atoms with van der Waals surface area (Å²) in [4.78, 5) is 88.9. The first-order valence-electron chi connectivity index (χ1n) is 34.7. The number of rotatable bonds is 41. The summed E-state index contributed by atoms with van der Waals surface area (Å²) in [6, 6.07) is 17.7. The van der Waals surface area contributed by atoms with Crippen LogP contribution in [0.1, 0.15) is 214 Å². The van der Waals surface area contributed by atoms with Gasteiger partial charge in [0.1, 0.15) is 11.8 Å². The molecule has 518 valence electrons. The lowest BCUT2D eigenvalue weighted by atomic mass is 9.79. The number of hydrogen-bond acceptors (Lipinski definition) is 14. The van der Waals surface area contributed by atoms with E-state index in [2.05, 4.69) is 78.3 Å². The topological polar surface area (TPSA) is 251 Å². The van der Waals surface area contributed by atoms with E-state index >= 15 is 0 Å². The monoisotopic (exact) mass is 1290 g/mol. The molecule has 2 aromatic heterocycles. The molecule has 9 unspecified atom stereocenters. The molecule has 0 radical (unpaired) electrons. The van der Waals surface area contributed by atoms with E-state index in [9.17, 15) is 39.0 Å². The fourth-order valence-corrected chi connectivity index (χ4v) is 13.4. The molecule has 5 amide bonds. The fraction of sp³-hybridized carbons (Fsp3) is 0.671. The molecule has 5 rings (SSSR count). The van der Waals surface area contributed by atoms with Crippen LogP contribution in [0.2, 0.25) is 0 Å². The Morgan fingerprint density at radius 2 is 1.45 bits per heavy atom. The molecular formula is C73H115N9O11. The number of carbonyl (C=O) groups is 6. The van der Waals surface area contributed by atoms with E-state index in [1.807, 2.05) is 95.6 Å². The number of carbonyl (C=O) groups excluding carboxylic acids is 6. The number of ether oxygens (including phenoxy) is 2. The summed E-state index contributed by atoms with van der Waals surface area (Å²) in [6.45, 7) is 23.3. The van der Waals surface area contributed by atoms with Gasteiger partial charge in [-0.1, -0.05) is 138 Å². The van der Waals surface area contributed by atoms with E-state index in [0.29, 0.717) is 95.6 Å². The molecule has 1 fully saturated rings. The van der Waals surface area contributed by atoms with Crippen molar-refractivity contribution in [3.63, 3.8) is 0 Å². The molecular weight excluding hydrogens is 1180 g/mol. The molecule has 9 atom stereocenters. The predicted molar refractivity (Wildman–Crippen MR) is 364 cm³/mol. The van der Waals surface area contributed by atoms with Crippen molar-refractivity contribution >= 4 is 35.3 Å². The molecule has 0 bridgehead atoms. The standard InChI is InChI=1S/C73H115N9O11/c1-16-20-30-52-38-40-54(41-39-52)69-77-78-70(93-69)55(45-53-31-23-21-24-32-53)33-27-35-58(83)51(10)67(92-15)57-34-28-44-81(57)63(87)47-59(91-14)66(50(9)17-2)80(13)72(90)64(48(5)6)74-68(88)65(49(7)8)79(12)42-29-37-61(85)76-75-60(84)36-25-22-26-43-82-62(86)46-56(71(82)89)73(11,18-3)19-4/h21,23-24,31-32,38-41,46,48-51,55,57,59,64-67,86,89H,16-20,22,25-30,33-37,42-45,47H2,1-15H3,(H,74,88)(H,75,84)(H,76,85). The van der Waals surface area contributed by atoms with Gasteiger partial charge in [-0.3, -0.25) is 49.1 Å². The number of amides is 5. The fourth-order valence-electron chi connectivity index (χ4n) is 13.4. The van der Waals surface area contributed by atoms with Crippen molar-refractivity contribution < 1.29 is 52.9 Å². The molecule has 93 heavy (non-hydrogen) atoms. The maximum Gasteiger partial charge on any atom is 0.247 e. The number of aryl methyl sites for hydroxylation is 1. The predicted octanol–water partition coefficient (Wildman–Crippen LogP) is 11.6. The number of likely N-dealkylation sites (tertiary alicyclic amines) is 1. The number of nitrogens with zero attached hydrogens (tertiary/aromatic N) is 6. The van der Waals surface area contributed by atoms with E-state index in [4.69, 9.17) is 13.9 Å². The Labute approximate surface area is 555 Å². The summed E-state index contributed by atoms with van der Waals surface area (Å²) >= 11 is 0. The molecule has 20 nitrogen and oxygen atoms in total. The number of likely N-dealkylation sites (N-methyl/N-ethyl adjacent to an activating group) is 2. The van der Waals surface area contributed by atoms with Gasteiger partial charge in [0.25, 0.3) is 0 Å². The number of benzene rings is 2. The molecule has 2 aromatic carbocycles. The van der Waals surface area contributed by atoms with Crippen molar-refractivity contribution in [3.8, 4) is 23.2 Å². The minimum Gasteiger partial charge on any atom is -0.494 e. The molecule has 0 saturated carbocycles. The highest BCUT2D eigenvalue weighted by Gasteiger charge is 2.43. The van der Waals surface area contributed by atoms with Crippen molar-refractivity contribution in [2.75, 3.05) is 41.4 Å². The molecule has 1 aliphatic heterocycles. The third-order valence-corrected chi connectivity index (χ3v) is 19.9. The second kappa shape index (κ2) is 38.0. The van der Waals surface area contributed by atoms with Crippen molar-refractivity contribution in [2.45, 2.75) is 252 Å². The first kappa shape index (κ1) is 77.1. The number of aromatic hydroxyl groups is 2. The molecule has 1 aliphatic rings. The lowest BCUT2D eigenvalue weighted by Gasteiger charge is -2.41. The second-order valence-corrected chi connectivity index (χ2v) is 27.1. The third kappa shape index (κ3) is 21.7. The maximum atomic E-state index is 14.8. The highest BCUT2D eigenvalue weighted by Crippen LogP contribution is 2.41. The third-order valence-electron chi connectivity index (χ3n) is 19.9. The van der Waals surface area contributed by atoms with Crippen LogP contribution in [0.3, 0.4) is 0 Å². The normalized spacial score (nSPS) is 16.2. The summed E-state index contributed by atoms with van der Waals surface area (Å²) in [6.07, 6.45) is 10.6. The minimum atomic E-state index is -0.905. The van der Waals surface area contributed by atoms with E-state index < -0.39 is 36.3 Å². The quantitative estimate of drug-likeness (QED) is 0.0205. The number of Topliss-reactive ketones (excluding diaryl/α,β-unsaturated/α-hetero) is 1. The number of methoxy groups -OCH3 is 2. The van der Waals surface area contributed by atoms with Crippen molar-refractivity contribution in [3.05, 3.63) is 83.2 Å². The number of nitrogens with one attached hydrogen (secondary N) is 3. The molecule has 0 aliphatic carbocycles. The minimum absolute atomic E-state index is 0.0125. The van der Waals surface area contributed by atoms with E-state index in [0.717, 1.165) is 55.2 Å². The van der Waals surface area contributed by atoms with Crippen LogP contribution in [-0.2, 0) is 63.0 Å². The number of hydrogen-bond donors (Lipinski definition) is 5. The molecule has 5 N–H and O–H groups in total. The van der Waals surface area contributed by atoms with Crippen LogP contribution in [0.5, 0.6) is 11.8 Å². The molecule has 20 heteroatoms. The van der Waals surface area contributed by atoms with Gasteiger partial charge >= 0.3 is 0 Å². The highest BCUT2D eigenvalue weighted by molar-refractivity contribution is 5.90. The Hall–Kier alpha value is -6.64. The average Bonchev–Trinajstić information content (AvgIpc) is 1.77. The van der Waals surface area contributed by atoms with Crippen molar-refractivity contribution in [2.24, 2.45) is 23.7 Å². The number of aromatic nitrogens is 3. The van der Waals surface area contributed by atoms with Crippen LogP contribution >= 0.6 is 0 Å². The van der Waals surface area contributed by atoms with Gasteiger partial charge in [-0.25, -0.2) is 0 Å². The Morgan fingerprint density at radius 3 is 2.05 bits per heavy atom. The molecule has 0 spiro atoms. The average molecular weight is 1290 g/mol. The lowest BCUT2D eigenvalue weighted by molar-refractivity contribution is -0.148. The lowest BCUT2D eigenvalue weighted by Crippen LogP contribution is -2.60. The summed E-state index contributed by atoms with van der Waals surface area (Å²) in [5, 5.41) is 33.5. The Bertz CT molecular complexity index is 2940. The van der Waals surface area contributed by atoms with Gasteiger partial charge in [0.05, 0.1) is 36.8 Å². The van der Waals surface area contributed by atoms with Crippen LogP contribution in [0.4, 0.5) is 0 Å². The van der Waals surface area contributed by atoms with E-state index in [1.54, 1.807) is 32.2 Å². The summed E-state index contributed by atoms with van der Waals surface area (Å²) in [7, 11) is 6.71. The summed E-state index contributed by atoms with van der Waals surface area (Å²) in [5.74, 6) is -1.46. The molecule has 4 aromatic rings. The summed E-state index contributed by atoms with van der Waals surface area (Å²) in [5.41, 5.74) is 8.77. The van der Waals surface area contributed by atoms with Gasteiger partial charge in [-0.2, -0.15) is 0 Å². The zero-order valence-electron chi connectivity index (χ0n) is 58.9. The van der Waals surface area contributed by atoms with Gasteiger partial charge in [0, 0.05) is 82.6 Å². The number of ketones is 1. The van der Waals surface area contributed by atoms with Crippen molar-refractivity contribution in [1.82, 2.24) is 45.6 Å². The van der Waals surface area contributed by atoms with Gasteiger partial charge in [0.15, 0.2) is 11.8 Å². The molecule has 3 heterocycles. The Kier molecular flexibility index (Phi) is 31.5. The Morgan fingerprint density at radius 1 is 0.785 bits per heavy atom. The van der Waals surface area contributed by atoms with Crippen LogP contribution in [-0.4, -0.2) is 153 Å². The van der Waals surface area contributed by atoms with Gasteiger partial charge in [-0.15, -0.1) is 10.2 Å². The maximum absolute atomic E-state index is 14.8. The van der Waals surface area contributed by atoms with E-state index in [1.165, 1.54) is 10.1 Å². The van der Waals surface area contributed by atoms with Crippen LogP contribution < -0.4 is 16.2 Å². The van der Waals surface area contributed by atoms with E-state index in [-0.39, 0.29) is 101 Å². The van der Waals surface area contributed by atoms with Crippen molar-refractivity contribution in [1.29, 1.82) is 0 Å². The second-order valence-electron chi connectivity index (χ2n) is 27.1. The van der Waals surface area contributed by atoms with Gasteiger partial charge < -0.3 is 39.2 Å². The molecule has 1 saturated heterocycles. The van der Waals surface area contributed by atoms with Crippen LogP contribution in [0.25, 0.3) is 11.5 Å². The first-order chi connectivity index (χ1) is 44.4. The first-order valence-corrected chi connectivity index (χ1v) is 34.7. The van der Waals surface area contributed by atoms with Crippen LogP contribution in [0.15, 0.2) is 65.1 Å². The Balaban J connectivity index is 1.13. The van der Waals surface area contributed by atoms with Gasteiger partial charge in [-0.05, 0) is 137 Å². The number of hydrazine groups is 1.